The van der Waals surface area contributed by atoms with Gasteiger partial charge in [-0.25, -0.2) is 4.98 Å². The highest BCUT2D eigenvalue weighted by atomic mass is 16.2. The van der Waals surface area contributed by atoms with Gasteiger partial charge in [0.25, 0.3) is 0 Å². The molecular weight excluding hydrogens is 412 g/mol. The van der Waals surface area contributed by atoms with Crippen molar-refractivity contribution in [1.29, 1.82) is 0 Å². The summed E-state index contributed by atoms with van der Waals surface area (Å²) in [5, 5.41) is 0. The molecule has 3 heterocycles. The van der Waals surface area contributed by atoms with Gasteiger partial charge in [-0.2, -0.15) is 0 Å². The molecule has 3 unspecified atom stereocenters. The van der Waals surface area contributed by atoms with Crippen LogP contribution < -0.4 is 0 Å². The van der Waals surface area contributed by atoms with Gasteiger partial charge in [0.05, 0.1) is 17.1 Å². The SMILES string of the molecule is CC1CCCCN1C(=O)Cn1c(C2CC(=O)N(C(C)c3ccccc3)C2)nc2ccccc21. The van der Waals surface area contributed by atoms with E-state index in [4.69, 9.17) is 4.98 Å². The van der Waals surface area contributed by atoms with Crippen molar-refractivity contribution in [3.05, 3.63) is 66.0 Å². The van der Waals surface area contributed by atoms with E-state index in [1.54, 1.807) is 0 Å². The van der Waals surface area contributed by atoms with Gasteiger partial charge in [-0.3, -0.25) is 9.59 Å². The van der Waals surface area contributed by atoms with Gasteiger partial charge >= 0.3 is 0 Å². The van der Waals surface area contributed by atoms with Crippen molar-refractivity contribution in [3.8, 4) is 0 Å². The van der Waals surface area contributed by atoms with Crippen LogP contribution in [0.1, 0.15) is 62.9 Å². The molecule has 0 saturated carbocycles. The predicted molar refractivity (Wildman–Crippen MR) is 129 cm³/mol. The van der Waals surface area contributed by atoms with Crippen LogP contribution in [0.2, 0.25) is 0 Å². The molecular formula is C27H32N4O2. The number of rotatable bonds is 5. The fourth-order valence-corrected chi connectivity index (χ4v) is 5.46. The van der Waals surface area contributed by atoms with E-state index >= 15 is 0 Å². The number of hydrogen-bond acceptors (Lipinski definition) is 3. The highest BCUT2D eigenvalue weighted by molar-refractivity contribution is 5.83. The summed E-state index contributed by atoms with van der Waals surface area (Å²) in [7, 11) is 0. The second-order valence-electron chi connectivity index (χ2n) is 9.51. The van der Waals surface area contributed by atoms with Gasteiger partial charge in [-0.1, -0.05) is 42.5 Å². The number of amides is 2. The minimum absolute atomic E-state index is 0.0114. The number of aromatic nitrogens is 2. The third-order valence-electron chi connectivity index (χ3n) is 7.37. The van der Waals surface area contributed by atoms with Crippen molar-refractivity contribution in [3.63, 3.8) is 0 Å². The molecule has 2 amide bonds. The molecule has 0 aliphatic carbocycles. The van der Waals surface area contributed by atoms with Gasteiger partial charge in [-0.05, 0) is 50.8 Å². The summed E-state index contributed by atoms with van der Waals surface area (Å²) in [6.45, 7) is 5.94. The van der Waals surface area contributed by atoms with E-state index in [0.717, 1.165) is 41.8 Å². The van der Waals surface area contributed by atoms with E-state index in [1.807, 2.05) is 52.3 Å². The Kier molecular flexibility index (Phi) is 5.92. The zero-order chi connectivity index (χ0) is 22.9. The van der Waals surface area contributed by atoms with Crippen molar-refractivity contribution < 1.29 is 9.59 Å². The van der Waals surface area contributed by atoms with E-state index in [1.165, 1.54) is 6.42 Å². The number of piperidine rings is 1. The molecule has 172 valence electrons. The number of carbonyl (C=O) groups excluding carboxylic acids is 2. The molecule has 3 aromatic rings. The highest BCUT2D eigenvalue weighted by Gasteiger charge is 2.37. The summed E-state index contributed by atoms with van der Waals surface area (Å²) in [6.07, 6.45) is 3.74. The fourth-order valence-electron chi connectivity index (χ4n) is 5.46. The summed E-state index contributed by atoms with van der Waals surface area (Å²) in [6, 6.07) is 18.4. The first-order valence-electron chi connectivity index (χ1n) is 12.1. The third-order valence-corrected chi connectivity index (χ3v) is 7.37. The molecule has 0 N–H and O–H groups in total. The van der Waals surface area contributed by atoms with E-state index in [0.29, 0.717) is 13.0 Å². The Morgan fingerprint density at radius 1 is 1.09 bits per heavy atom. The lowest BCUT2D eigenvalue weighted by Crippen LogP contribution is -2.43. The Morgan fingerprint density at radius 3 is 2.64 bits per heavy atom. The Hall–Kier alpha value is -3.15. The van der Waals surface area contributed by atoms with Crippen molar-refractivity contribution in [2.45, 2.75) is 64.1 Å². The van der Waals surface area contributed by atoms with Crippen LogP contribution in [0.3, 0.4) is 0 Å². The number of benzene rings is 2. The number of para-hydroxylation sites is 2. The summed E-state index contributed by atoms with van der Waals surface area (Å²) < 4.78 is 2.06. The maximum atomic E-state index is 13.3. The molecule has 2 aliphatic rings. The summed E-state index contributed by atoms with van der Waals surface area (Å²) >= 11 is 0. The zero-order valence-corrected chi connectivity index (χ0v) is 19.5. The second kappa shape index (κ2) is 9.00. The first kappa shape index (κ1) is 21.7. The lowest BCUT2D eigenvalue weighted by Gasteiger charge is -2.33. The number of fused-ring (bicyclic) bond motifs is 1. The Bertz CT molecular complexity index is 1160. The largest absolute Gasteiger partial charge is 0.338 e. The topological polar surface area (TPSA) is 58.4 Å². The summed E-state index contributed by atoms with van der Waals surface area (Å²) in [4.78, 5) is 35.2. The van der Waals surface area contributed by atoms with Crippen molar-refractivity contribution >= 4 is 22.8 Å². The van der Waals surface area contributed by atoms with Crippen LogP contribution in [0.4, 0.5) is 0 Å². The third kappa shape index (κ3) is 4.14. The molecule has 3 atom stereocenters. The van der Waals surface area contributed by atoms with E-state index in [9.17, 15) is 9.59 Å². The van der Waals surface area contributed by atoms with Crippen LogP contribution in [0.25, 0.3) is 11.0 Å². The maximum Gasteiger partial charge on any atom is 0.242 e. The summed E-state index contributed by atoms with van der Waals surface area (Å²) in [5.74, 6) is 1.12. The lowest BCUT2D eigenvalue weighted by atomic mass is 10.0. The van der Waals surface area contributed by atoms with Crippen LogP contribution >= 0.6 is 0 Å². The van der Waals surface area contributed by atoms with Gasteiger partial charge in [0, 0.05) is 31.5 Å². The Balaban J connectivity index is 1.43. The molecule has 33 heavy (non-hydrogen) atoms. The van der Waals surface area contributed by atoms with Gasteiger partial charge in [0.1, 0.15) is 12.4 Å². The van der Waals surface area contributed by atoms with Gasteiger partial charge in [0.2, 0.25) is 11.8 Å². The Morgan fingerprint density at radius 2 is 1.85 bits per heavy atom. The molecule has 6 nitrogen and oxygen atoms in total. The molecule has 1 aromatic heterocycles. The van der Waals surface area contributed by atoms with Crippen LogP contribution in [-0.4, -0.2) is 50.3 Å². The molecule has 5 rings (SSSR count). The number of carbonyl (C=O) groups is 2. The second-order valence-corrected chi connectivity index (χ2v) is 9.51. The Labute approximate surface area is 195 Å². The average Bonchev–Trinajstić information content (AvgIpc) is 3.40. The minimum Gasteiger partial charge on any atom is -0.338 e. The zero-order valence-electron chi connectivity index (χ0n) is 19.5. The molecule has 0 radical (unpaired) electrons. The van der Waals surface area contributed by atoms with Crippen molar-refractivity contribution in [2.75, 3.05) is 13.1 Å². The molecule has 6 heteroatoms. The fraction of sp³-hybridized carbons (Fsp3) is 0.444. The van der Waals surface area contributed by atoms with Gasteiger partial charge in [0.15, 0.2) is 0 Å². The predicted octanol–water partition coefficient (Wildman–Crippen LogP) is 4.51. The molecule has 2 aromatic carbocycles. The smallest absolute Gasteiger partial charge is 0.242 e. The van der Waals surface area contributed by atoms with Crippen molar-refractivity contribution in [1.82, 2.24) is 19.4 Å². The average molecular weight is 445 g/mol. The van der Waals surface area contributed by atoms with Crippen LogP contribution in [-0.2, 0) is 16.1 Å². The number of nitrogens with zero attached hydrogens (tertiary/aromatic N) is 4. The summed E-state index contributed by atoms with van der Waals surface area (Å²) in [5.41, 5.74) is 2.98. The van der Waals surface area contributed by atoms with Crippen LogP contribution in [0.5, 0.6) is 0 Å². The first-order valence-corrected chi connectivity index (χ1v) is 12.1. The van der Waals surface area contributed by atoms with Gasteiger partial charge in [-0.15, -0.1) is 0 Å². The normalized spacial score (nSPS) is 22.2. The highest BCUT2D eigenvalue weighted by Crippen LogP contribution is 2.35. The molecule has 0 spiro atoms. The monoisotopic (exact) mass is 444 g/mol. The van der Waals surface area contributed by atoms with E-state index in [2.05, 4.69) is 30.5 Å². The molecule has 2 aliphatic heterocycles. The molecule has 2 saturated heterocycles. The van der Waals surface area contributed by atoms with Crippen LogP contribution in [0.15, 0.2) is 54.6 Å². The maximum absolute atomic E-state index is 13.3. The molecule has 0 bridgehead atoms. The quantitative estimate of drug-likeness (QED) is 0.582. The van der Waals surface area contributed by atoms with E-state index in [-0.39, 0.29) is 36.4 Å². The van der Waals surface area contributed by atoms with Crippen molar-refractivity contribution in [2.24, 2.45) is 0 Å². The first-order chi connectivity index (χ1) is 16.0. The molecule has 2 fully saturated rings. The minimum atomic E-state index is -0.0253. The van der Waals surface area contributed by atoms with Gasteiger partial charge < -0.3 is 14.4 Å². The standard InChI is InChI=1S/C27H32N4O2/c1-19-10-8-9-15-29(19)26(33)18-31-24-14-7-6-13-23(24)28-27(31)22-16-25(32)30(17-22)20(2)21-11-4-3-5-12-21/h3-7,11-14,19-20,22H,8-10,15-18H2,1-2H3. The number of likely N-dealkylation sites (tertiary alicyclic amines) is 2. The number of imidazole rings is 1. The van der Waals surface area contributed by atoms with Crippen LogP contribution in [0, 0.1) is 0 Å². The number of hydrogen-bond donors (Lipinski definition) is 0. The lowest BCUT2D eigenvalue weighted by molar-refractivity contribution is -0.135. The van der Waals surface area contributed by atoms with E-state index < -0.39 is 0 Å².